The van der Waals surface area contributed by atoms with E-state index in [4.69, 9.17) is 10.5 Å². The Morgan fingerprint density at radius 1 is 1.35 bits per heavy atom. The number of halogens is 1. The molecule has 1 aliphatic carbocycles. The van der Waals surface area contributed by atoms with E-state index in [1.807, 2.05) is 25.3 Å². The summed E-state index contributed by atoms with van der Waals surface area (Å²) in [6, 6.07) is 6.01. The van der Waals surface area contributed by atoms with Gasteiger partial charge in [0.1, 0.15) is 5.54 Å². The number of aliphatic hydroxyl groups is 1. The fourth-order valence-corrected chi connectivity index (χ4v) is 5.39. The van der Waals surface area contributed by atoms with Gasteiger partial charge in [-0.05, 0) is 50.5 Å². The maximum absolute atomic E-state index is 15.0. The van der Waals surface area contributed by atoms with Crippen molar-refractivity contribution in [2.75, 3.05) is 24.7 Å². The van der Waals surface area contributed by atoms with E-state index in [1.165, 1.54) is 0 Å². The highest BCUT2D eigenvalue weighted by Crippen LogP contribution is 2.43. The van der Waals surface area contributed by atoms with E-state index < -0.39 is 22.9 Å². The molecule has 1 amide bonds. The average molecular weight is 468 g/mol. The summed E-state index contributed by atoms with van der Waals surface area (Å²) in [6.45, 7) is 4.18. The van der Waals surface area contributed by atoms with Gasteiger partial charge in [0, 0.05) is 35.1 Å². The summed E-state index contributed by atoms with van der Waals surface area (Å²) < 4.78 is 20.5. The molecule has 2 aromatic heterocycles. The topological polar surface area (TPSA) is 117 Å². The Labute approximate surface area is 197 Å². The first-order chi connectivity index (χ1) is 16.2. The van der Waals surface area contributed by atoms with E-state index in [1.54, 1.807) is 11.8 Å². The van der Waals surface area contributed by atoms with E-state index in [-0.39, 0.29) is 24.9 Å². The van der Waals surface area contributed by atoms with Crippen molar-refractivity contribution in [3.63, 3.8) is 0 Å². The Balaban J connectivity index is 1.64. The van der Waals surface area contributed by atoms with Gasteiger partial charge in [-0.15, -0.1) is 0 Å². The van der Waals surface area contributed by atoms with Crippen LogP contribution in [0.15, 0.2) is 30.6 Å². The van der Waals surface area contributed by atoms with Crippen LogP contribution in [0.25, 0.3) is 22.3 Å². The van der Waals surface area contributed by atoms with Crippen molar-refractivity contribution in [1.82, 2.24) is 15.0 Å². The Hall–Kier alpha value is -3.04. The molecular formula is C25H30FN5O3. The number of H-pyrrole nitrogens is 1. The van der Waals surface area contributed by atoms with Crippen molar-refractivity contribution >= 4 is 22.6 Å². The summed E-state index contributed by atoms with van der Waals surface area (Å²) in [6.07, 6.45) is 6.67. The van der Waals surface area contributed by atoms with Crippen LogP contribution in [0.1, 0.15) is 51.0 Å². The number of carbonyl (C=O) groups is 1. The zero-order valence-corrected chi connectivity index (χ0v) is 19.5. The van der Waals surface area contributed by atoms with Crippen LogP contribution in [0.5, 0.6) is 0 Å². The van der Waals surface area contributed by atoms with Gasteiger partial charge in [0.05, 0.1) is 25.0 Å². The Kier molecular flexibility index (Phi) is 5.56. The van der Waals surface area contributed by atoms with Crippen molar-refractivity contribution < 1.29 is 19.0 Å². The lowest BCUT2D eigenvalue weighted by Gasteiger charge is -2.42. The second kappa shape index (κ2) is 8.32. The van der Waals surface area contributed by atoms with Crippen molar-refractivity contribution in [3.8, 4) is 11.4 Å². The van der Waals surface area contributed by atoms with Crippen LogP contribution in [0.2, 0.25) is 0 Å². The number of aromatic nitrogens is 3. The molecule has 2 fully saturated rings. The highest BCUT2D eigenvalue weighted by Gasteiger charge is 2.43. The molecule has 180 valence electrons. The summed E-state index contributed by atoms with van der Waals surface area (Å²) >= 11 is 0. The normalized spacial score (nSPS) is 27.8. The number of fused-ring (bicyclic) bond motifs is 1. The molecule has 34 heavy (non-hydrogen) atoms. The van der Waals surface area contributed by atoms with Gasteiger partial charge in [-0.1, -0.05) is 12.8 Å². The van der Waals surface area contributed by atoms with Crippen molar-refractivity contribution in [1.29, 1.82) is 0 Å². The molecule has 3 heterocycles. The van der Waals surface area contributed by atoms with Crippen LogP contribution in [0.3, 0.4) is 0 Å². The quantitative estimate of drug-likeness (QED) is 0.542. The lowest BCUT2D eigenvalue weighted by atomic mass is 9.72. The van der Waals surface area contributed by atoms with Crippen LogP contribution in [-0.2, 0) is 9.53 Å². The van der Waals surface area contributed by atoms with Gasteiger partial charge in [0.15, 0.2) is 17.5 Å². The van der Waals surface area contributed by atoms with Crippen molar-refractivity contribution in [2.24, 2.45) is 5.73 Å². The summed E-state index contributed by atoms with van der Waals surface area (Å²) in [5.74, 6) is -0.897. The minimum absolute atomic E-state index is 0.0216. The number of amides is 1. The predicted octanol–water partition coefficient (Wildman–Crippen LogP) is 3.25. The van der Waals surface area contributed by atoms with Crippen molar-refractivity contribution in [2.45, 2.75) is 56.6 Å². The SMILES string of the molecule is C[C@]1(O)CCCCC1c1cc(-c2ncc(F)c(N3CCOC[C@@]3(C)C(N)=O)n2)c2cc[nH]c2c1. The van der Waals surface area contributed by atoms with E-state index in [0.29, 0.717) is 12.4 Å². The van der Waals surface area contributed by atoms with Gasteiger partial charge < -0.3 is 25.5 Å². The molecule has 0 bridgehead atoms. The van der Waals surface area contributed by atoms with Gasteiger partial charge in [0.25, 0.3) is 0 Å². The third kappa shape index (κ3) is 3.73. The summed E-state index contributed by atoms with van der Waals surface area (Å²) in [7, 11) is 0. The van der Waals surface area contributed by atoms with Crippen LogP contribution in [-0.4, -0.2) is 56.9 Å². The molecule has 1 aliphatic heterocycles. The third-order valence-corrected chi connectivity index (χ3v) is 7.46. The molecular weight excluding hydrogens is 437 g/mol. The standard InChI is InChI=1S/C25H30FN5O3/c1-24(23(27)32)14-34-10-9-31(24)22-19(26)13-29-21(30-22)17-11-15(12-20-16(17)6-8-28-20)18-5-3-4-7-25(18,2)33/h6,8,11-13,18,28,33H,3-5,7,9-10,14H2,1-2H3,(H2,27,32)/t18?,24-,25-/m0/s1. The van der Waals surface area contributed by atoms with Gasteiger partial charge in [0.2, 0.25) is 5.91 Å². The molecule has 9 heteroatoms. The van der Waals surface area contributed by atoms with E-state index >= 15 is 4.39 Å². The third-order valence-electron chi connectivity index (χ3n) is 7.46. The predicted molar refractivity (Wildman–Crippen MR) is 127 cm³/mol. The molecule has 3 aromatic rings. The number of benzene rings is 1. The first kappa shape index (κ1) is 22.7. The molecule has 2 aliphatic rings. The van der Waals surface area contributed by atoms with Crippen LogP contribution in [0.4, 0.5) is 10.2 Å². The lowest BCUT2D eigenvalue weighted by Crippen LogP contribution is -2.63. The molecule has 1 saturated heterocycles. The average Bonchev–Trinajstić information content (AvgIpc) is 3.28. The summed E-state index contributed by atoms with van der Waals surface area (Å²) in [4.78, 5) is 26.0. The van der Waals surface area contributed by atoms with Crippen LogP contribution < -0.4 is 10.6 Å². The second-order valence-corrected chi connectivity index (χ2v) is 9.87. The largest absolute Gasteiger partial charge is 0.390 e. The van der Waals surface area contributed by atoms with Crippen LogP contribution in [0, 0.1) is 5.82 Å². The van der Waals surface area contributed by atoms with E-state index in [9.17, 15) is 9.90 Å². The second-order valence-electron chi connectivity index (χ2n) is 9.87. The molecule has 1 saturated carbocycles. The fourth-order valence-electron chi connectivity index (χ4n) is 5.39. The number of rotatable bonds is 4. The fraction of sp³-hybridized carbons (Fsp3) is 0.480. The van der Waals surface area contributed by atoms with E-state index in [2.05, 4.69) is 21.0 Å². The number of nitrogens with two attached hydrogens (primary N) is 1. The van der Waals surface area contributed by atoms with Crippen molar-refractivity contribution in [3.05, 3.63) is 42.0 Å². The first-order valence-electron chi connectivity index (χ1n) is 11.7. The minimum Gasteiger partial charge on any atom is -0.390 e. The van der Waals surface area contributed by atoms with Gasteiger partial charge in [-0.3, -0.25) is 4.79 Å². The number of hydrogen-bond donors (Lipinski definition) is 3. The maximum Gasteiger partial charge on any atom is 0.245 e. The number of aromatic amines is 1. The number of morpholine rings is 1. The summed E-state index contributed by atoms with van der Waals surface area (Å²) in [5, 5.41) is 12.0. The first-order valence-corrected chi connectivity index (χ1v) is 11.7. The summed E-state index contributed by atoms with van der Waals surface area (Å²) in [5.41, 5.74) is 6.27. The number of nitrogens with one attached hydrogen (secondary N) is 1. The molecule has 0 spiro atoms. The van der Waals surface area contributed by atoms with E-state index in [0.717, 1.165) is 53.9 Å². The Morgan fingerprint density at radius 3 is 2.94 bits per heavy atom. The lowest BCUT2D eigenvalue weighted by molar-refractivity contribution is -0.126. The molecule has 0 radical (unpaired) electrons. The van der Waals surface area contributed by atoms with Gasteiger partial charge >= 0.3 is 0 Å². The van der Waals surface area contributed by atoms with Crippen LogP contribution >= 0.6 is 0 Å². The number of nitrogens with zero attached hydrogens (tertiary/aromatic N) is 3. The zero-order valence-electron chi connectivity index (χ0n) is 19.5. The number of carbonyl (C=O) groups excluding carboxylic acids is 1. The smallest absolute Gasteiger partial charge is 0.245 e. The number of ether oxygens (including phenoxy) is 1. The zero-order chi connectivity index (χ0) is 24.1. The monoisotopic (exact) mass is 467 g/mol. The molecule has 3 atom stereocenters. The Morgan fingerprint density at radius 2 is 2.18 bits per heavy atom. The van der Waals surface area contributed by atoms with Gasteiger partial charge in [-0.25, -0.2) is 14.4 Å². The highest BCUT2D eigenvalue weighted by molar-refractivity contribution is 5.94. The number of anilines is 1. The Bertz CT molecular complexity index is 1240. The molecule has 4 N–H and O–H groups in total. The number of primary amides is 1. The van der Waals surface area contributed by atoms with Gasteiger partial charge in [-0.2, -0.15) is 0 Å². The molecule has 1 aromatic carbocycles. The maximum atomic E-state index is 15.0. The highest BCUT2D eigenvalue weighted by atomic mass is 19.1. The minimum atomic E-state index is -1.23. The number of hydrogen-bond acceptors (Lipinski definition) is 6. The molecule has 1 unspecified atom stereocenters. The molecule has 5 rings (SSSR count). The molecule has 8 nitrogen and oxygen atoms in total.